The third kappa shape index (κ3) is 4.79. The van der Waals surface area contributed by atoms with Crippen molar-refractivity contribution in [2.45, 2.75) is 20.4 Å². The highest BCUT2D eigenvalue weighted by Gasteiger charge is 2.18. The molecule has 0 atom stereocenters. The summed E-state index contributed by atoms with van der Waals surface area (Å²) in [7, 11) is -3.35. The summed E-state index contributed by atoms with van der Waals surface area (Å²) in [6, 6.07) is 12.4. The van der Waals surface area contributed by atoms with Gasteiger partial charge in [-0.2, -0.15) is 0 Å². The molecule has 0 radical (unpaired) electrons. The Bertz CT molecular complexity index is 836. The molecule has 1 amide bonds. The molecular weight excluding hydrogens is 343 g/mol. The predicted molar refractivity (Wildman–Crippen MR) is 96.5 cm³/mol. The summed E-state index contributed by atoms with van der Waals surface area (Å²) in [4.78, 5) is 12.2. The van der Waals surface area contributed by atoms with Gasteiger partial charge in [0.1, 0.15) is 5.82 Å². The van der Waals surface area contributed by atoms with E-state index in [1.807, 2.05) is 0 Å². The average Bonchev–Trinajstić information content (AvgIpc) is 2.61. The zero-order valence-electron chi connectivity index (χ0n) is 14.2. The number of hydrogen-bond acceptors (Lipinski definition) is 3. The normalized spacial score (nSPS) is 11.2. The number of rotatable bonds is 7. The lowest BCUT2D eigenvalue weighted by atomic mass is 10.1. The van der Waals surface area contributed by atoms with Gasteiger partial charge in [0.05, 0.1) is 11.4 Å². The number of halogens is 1. The number of carbonyl (C=O) groups is 1. The molecule has 0 bridgehead atoms. The van der Waals surface area contributed by atoms with Gasteiger partial charge >= 0.3 is 0 Å². The second-order valence-corrected chi connectivity index (χ2v) is 7.61. The number of benzene rings is 2. The molecule has 0 heterocycles. The molecule has 0 fully saturated rings. The Hall–Kier alpha value is -2.41. The lowest BCUT2D eigenvalue weighted by Gasteiger charge is -2.22. The van der Waals surface area contributed by atoms with Crippen molar-refractivity contribution in [3.05, 3.63) is 65.5 Å². The second-order valence-electron chi connectivity index (χ2n) is 5.42. The van der Waals surface area contributed by atoms with Gasteiger partial charge in [-0.25, -0.2) is 12.8 Å². The first kappa shape index (κ1) is 18.9. The molecule has 0 spiro atoms. The van der Waals surface area contributed by atoms with Crippen LogP contribution in [0.2, 0.25) is 0 Å². The molecule has 0 saturated heterocycles. The molecule has 0 aromatic heterocycles. The first-order valence-corrected chi connectivity index (χ1v) is 9.61. The summed E-state index contributed by atoms with van der Waals surface area (Å²) in [6.45, 7) is 3.88. The summed E-state index contributed by atoms with van der Waals surface area (Å²) in [5.74, 6) is -0.651. The van der Waals surface area contributed by atoms with E-state index in [0.717, 1.165) is 0 Å². The highest BCUT2D eigenvalue weighted by Crippen LogP contribution is 2.19. The van der Waals surface area contributed by atoms with E-state index in [4.69, 9.17) is 0 Å². The topological polar surface area (TPSA) is 66.5 Å². The Kier molecular flexibility index (Phi) is 6.14. The van der Waals surface area contributed by atoms with Gasteiger partial charge in [0.25, 0.3) is 5.91 Å². The number of sulfonamides is 1. The maximum absolute atomic E-state index is 13.1. The van der Waals surface area contributed by atoms with Crippen LogP contribution in [0.25, 0.3) is 0 Å². The minimum absolute atomic E-state index is 0.0106. The molecule has 0 aliphatic carbocycles. The van der Waals surface area contributed by atoms with Gasteiger partial charge < -0.3 is 5.32 Å². The second kappa shape index (κ2) is 8.11. The van der Waals surface area contributed by atoms with Gasteiger partial charge in [0.2, 0.25) is 10.0 Å². The summed E-state index contributed by atoms with van der Waals surface area (Å²) in [6.07, 6.45) is 0. The van der Waals surface area contributed by atoms with Crippen molar-refractivity contribution in [3.8, 4) is 0 Å². The van der Waals surface area contributed by atoms with Gasteiger partial charge in [-0.05, 0) is 55.8 Å². The quantitative estimate of drug-likeness (QED) is 0.821. The molecular formula is C18H21FN2O3S. The summed E-state index contributed by atoms with van der Waals surface area (Å²) >= 11 is 0. The van der Waals surface area contributed by atoms with Gasteiger partial charge in [-0.15, -0.1) is 0 Å². The predicted octanol–water partition coefficient (Wildman–Crippen LogP) is 2.93. The van der Waals surface area contributed by atoms with Crippen molar-refractivity contribution in [2.24, 2.45) is 0 Å². The molecule has 7 heteroatoms. The summed E-state index contributed by atoms with van der Waals surface area (Å²) in [5.41, 5.74) is 1.59. The fourth-order valence-electron chi connectivity index (χ4n) is 2.41. The number of carbonyl (C=O) groups excluding carboxylic acids is 1. The van der Waals surface area contributed by atoms with Crippen LogP contribution >= 0.6 is 0 Å². The van der Waals surface area contributed by atoms with E-state index in [9.17, 15) is 17.6 Å². The number of nitrogens with one attached hydrogen (secondary N) is 1. The molecule has 0 aliphatic rings. The maximum Gasteiger partial charge on any atom is 0.251 e. The Morgan fingerprint density at radius 1 is 1.12 bits per heavy atom. The fraction of sp³-hybridized carbons (Fsp3) is 0.278. The largest absolute Gasteiger partial charge is 0.348 e. The van der Waals surface area contributed by atoms with E-state index in [-0.39, 0.29) is 24.0 Å². The van der Waals surface area contributed by atoms with Crippen LogP contribution in [-0.4, -0.2) is 26.6 Å². The van der Waals surface area contributed by atoms with Crippen LogP contribution in [0.5, 0.6) is 0 Å². The van der Waals surface area contributed by atoms with E-state index >= 15 is 0 Å². The van der Waals surface area contributed by atoms with E-state index in [2.05, 4.69) is 5.32 Å². The molecule has 134 valence electrons. The van der Waals surface area contributed by atoms with E-state index in [1.165, 1.54) is 16.4 Å². The highest BCUT2D eigenvalue weighted by molar-refractivity contribution is 7.92. The highest BCUT2D eigenvalue weighted by atomic mass is 32.2. The van der Waals surface area contributed by atoms with Gasteiger partial charge in [0.15, 0.2) is 0 Å². The summed E-state index contributed by atoms with van der Waals surface area (Å²) < 4.78 is 38.5. The molecule has 0 unspecified atom stereocenters. The van der Waals surface area contributed by atoms with Crippen LogP contribution < -0.4 is 9.62 Å². The Morgan fingerprint density at radius 3 is 2.36 bits per heavy atom. The van der Waals surface area contributed by atoms with Gasteiger partial charge in [0, 0.05) is 18.7 Å². The maximum atomic E-state index is 13.1. The average molecular weight is 364 g/mol. The number of nitrogens with zero attached hydrogens (tertiary/aromatic N) is 1. The molecule has 2 aromatic rings. The van der Waals surface area contributed by atoms with Gasteiger partial charge in [-0.3, -0.25) is 9.10 Å². The molecule has 25 heavy (non-hydrogen) atoms. The van der Waals surface area contributed by atoms with Crippen molar-refractivity contribution in [3.63, 3.8) is 0 Å². The van der Waals surface area contributed by atoms with Crippen LogP contribution in [0, 0.1) is 5.82 Å². The molecule has 2 rings (SSSR count). The minimum Gasteiger partial charge on any atom is -0.348 e. The molecule has 1 N–H and O–H groups in total. The third-order valence-corrected chi connectivity index (χ3v) is 5.62. The molecule has 0 aliphatic heterocycles. The van der Waals surface area contributed by atoms with E-state index in [0.29, 0.717) is 23.4 Å². The van der Waals surface area contributed by atoms with E-state index in [1.54, 1.807) is 50.2 Å². The fourth-order valence-corrected chi connectivity index (χ4v) is 3.55. The smallest absolute Gasteiger partial charge is 0.251 e. The zero-order valence-corrected chi connectivity index (χ0v) is 15.0. The van der Waals surface area contributed by atoms with Crippen LogP contribution in [0.4, 0.5) is 10.1 Å². The first-order chi connectivity index (χ1) is 11.9. The lowest BCUT2D eigenvalue weighted by molar-refractivity contribution is 0.0951. The van der Waals surface area contributed by atoms with Crippen LogP contribution in [0.3, 0.4) is 0 Å². The number of anilines is 1. The monoisotopic (exact) mass is 364 g/mol. The Balaban J connectivity index is 2.07. The Morgan fingerprint density at radius 2 is 1.80 bits per heavy atom. The molecule has 5 nitrogen and oxygen atoms in total. The minimum atomic E-state index is -3.35. The summed E-state index contributed by atoms with van der Waals surface area (Å²) in [5, 5.41) is 2.71. The SMILES string of the molecule is CCN(c1ccc(C(=O)NCc2cccc(F)c2)cc1)S(=O)(=O)CC. The van der Waals surface area contributed by atoms with Crippen molar-refractivity contribution in [1.82, 2.24) is 5.32 Å². The van der Waals surface area contributed by atoms with Crippen molar-refractivity contribution in [2.75, 3.05) is 16.6 Å². The van der Waals surface area contributed by atoms with Crippen molar-refractivity contribution >= 4 is 21.6 Å². The third-order valence-electron chi connectivity index (χ3n) is 3.75. The van der Waals surface area contributed by atoms with Crippen LogP contribution in [0.15, 0.2) is 48.5 Å². The van der Waals surface area contributed by atoms with Crippen molar-refractivity contribution in [1.29, 1.82) is 0 Å². The molecule has 2 aromatic carbocycles. The first-order valence-electron chi connectivity index (χ1n) is 8.00. The molecule has 0 saturated carbocycles. The van der Waals surface area contributed by atoms with Crippen molar-refractivity contribution < 1.29 is 17.6 Å². The van der Waals surface area contributed by atoms with Gasteiger partial charge in [-0.1, -0.05) is 12.1 Å². The number of hydrogen-bond donors (Lipinski definition) is 1. The lowest BCUT2D eigenvalue weighted by Crippen LogP contribution is -2.32. The Labute approximate surface area is 147 Å². The van der Waals surface area contributed by atoms with Crippen LogP contribution in [0.1, 0.15) is 29.8 Å². The zero-order chi connectivity index (χ0) is 18.4. The van der Waals surface area contributed by atoms with E-state index < -0.39 is 10.0 Å². The number of amides is 1. The van der Waals surface area contributed by atoms with Crippen LogP contribution in [-0.2, 0) is 16.6 Å². The standard InChI is InChI=1S/C18H21FN2O3S/c1-3-21(25(23,24)4-2)17-10-8-15(9-11-17)18(22)20-13-14-6-5-7-16(19)12-14/h5-12H,3-4,13H2,1-2H3,(H,20,22).